The van der Waals surface area contributed by atoms with Crippen LogP contribution in [0.15, 0.2) is 24.3 Å². The van der Waals surface area contributed by atoms with Crippen LogP contribution in [0.2, 0.25) is 0 Å². The quantitative estimate of drug-likeness (QED) is 0.669. The Morgan fingerprint density at radius 2 is 1.93 bits per heavy atom. The molecule has 0 aliphatic rings. The van der Waals surface area contributed by atoms with Gasteiger partial charge in [-0.15, -0.1) is 0 Å². The number of hydrogen-bond donors (Lipinski definition) is 0. The van der Waals surface area contributed by atoms with Crippen LogP contribution in [0.4, 0.5) is 0 Å². The molecule has 0 atom stereocenters. The first-order valence-corrected chi connectivity index (χ1v) is 5.43. The third-order valence-corrected chi connectivity index (χ3v) is 2.14. The van der Waals surface area contributed by atoms with Crippen molar-refractivity contribution in [2.24, 2.45) is 0 Å². The predicted molar refractivity (Wildman–Crippen MR) is 61.2 cm³/mol. The van der Waals surface area contributed by atoms with Crippen LogP contribution in [0.5, 0.6) is 5.75 Å². The molecule has 2 heteroatoms. The van der Waals surface area contributed by atoms with Crippen molar-refractivity contribution < 1.29 is 9.53 Å². The molecule has 1 aromatic carbocycles. The Hall–Kier alpha value is -1.31. The monoisotopic (exact) mass is 206 g/mol. The molecular formula is C13H18O2. The molecular weight excluding hydrogens is 188 g/mol. The Kier molecular flexibility index (Phi) is 4.88. The summed E-state index contributed by atoms with van der Waals surface area (Å²) < 4.78 is 5.52. The molecule has 0 N–H and O–H groups in total. The van der Waals surface area contributed by atoms with E-state index < -0.39 is 0 Å². The van der Waals surface area contributed by atoms with Crippen LogP contribution in [0.1, 0.15) is 32.3 Å². The van der Waals surface area contributed by atoms with Crippen LogP contribution in [0.25, 0.3) is 0 Å². The molecule has 0 aliphatic heterocycles. The largest absolute Gasteiger partial charge is 0.494 e. The zero-order chi connectivity index (χ0) is 11.1. The Bertz CT molecular complexity index is 301. The number of hydrogen-bond acceptors (Lipinski definition) is 2. The number of benzene rings is 1. The Balaban J connectivity index is 2.45. The normalized spacial score (nSPS) is 10.0. The SMILES string of the molecule is CCCCOc1ccc(CC(C)=O)cc1. The molecule has 1 rings (SSSR count). The molecule has 15 heavy (non-hydrogen) atoms. The van der Waals surface area contributed by atoms with E-state index in [9.17, 15) is 4.79 Å². The van der Waals surface area contributed by atoms with Gasteiger partial charge in [0.1, 0.15) is 11.5 Å². The number of ketones is 1. The van der Waals surface area contributed by atoms with Crippen LogP contribution in [0, 0.1) is 0 Å². The Labute approximate surface area is 91.3 Å². The average Bonchev–Trinajstić information content (AvgIpc) is 2.20. The standard InChI is InChI=1S/C13H18O2/c1-3-4-9-15-13-7-5-12(6-8-13)10-11(2)14/h5-8H,3-4,9-10H2,1-2H3. The molecule has 0 amide bonds. The summed E-state index contributed by atoms with van der Waals surface area (Å²) in [5.74, 6) is 1.07. The Morgan fingerprint density at radius 3 is 2.47 bits per heavy atom. The van der Waals surface area contributed by atoms with Crippen LogP contribution < -0.4 is 4.74 Å². The first-order valence-electron chi connectivity index (χ1n) is 5.43. The fourth-order valence-corrected chi connectivity index (χ4v) is 1.33. The van der Waals surface area contributed by atoms with Crippen molar-refractivity contribution in [2.45, 2.75) is 33.1 Å². The van der Waals surface area contributed by atoms with E-state index in [1.165, 1.54) is 0 Å². The van der Waals surface area contributed by atoms with Gasteiger partial charge in [0, 0.05) is 6.42 Å². The second kappa shape index (κ2) is 6.23. The number of carbonyl (C=O) groups is 1. The molecule has 0 saturated carbocycles. The molecule has 1 aromatic rings. The minimum Gasteiger partial charge on any atom is -0.494 e. The lowest BCUT2D eigenvalue weighted by molar-refractivity contribution is -0.116. The molecule has 82 valence electrons. The van der Waals surface area contributed by atoms with E-state index in [-0.39, 0.29) is 5.78 Å². The maximum absolute atomic E-state index is 10.9. The van der Waals surface area contributed by atoms with E-state index in [0.29, 0.717) is 6.42 Å². The lowest BCUT2D eigenvalue weighted by Crippen LogP contribution is -1.98. The van der Waals surface area contributed by atoms with Crippen molar-refractivity contribution in [3.63, 3.8) is 0 Å². The molecule has 0 aliphatic carbocycles. The number of ether oxygens (including phenoxy) is 1. The molecule has 0 heterocycles. The second-order valence-electron chi connectivity index (χ2n) is 3.72. The van der Waals surface area contributed by atoms with Crippen molar-refractivity contribution in [2.75, 3.05) is 6.61 Å². The van der Waals surface area contributed by atoms with Crippen molar-refractivity contribution in [1.29, 1.82) is 0 Å². The summed E-state index contributed by atoms with van der Waals surface area (Å²) in [5.41, 5.74) is 1.05. The summed E-state index contributed by atoms with van der Waals surface area (Å²) in [5, 5.41) is 0. The van der Waals surface area contributed by atoms with Crippen LogP contribution in [-0.2, 0) is 11.2 Å². The maximum Gasteiger partial charge on any atom is 0.134 e. The van der Waals surface area contributed by atoms with Gasteiger partial charge in [-0.2, -0.15) is 0 Å². The van der Waals surface area contributed by atoms with Crippen LogP contribution in [0.3, 0.4) is 0 Å². The maximum atomic E-state index is 10.9. The van der Waals surface area contributed by atoms with Gasteiger partial charge in [-0.25, -0.2) is 0 Å². The molecule has 0 saturated heterocycles. The van der Waals surface area contributed by atoms with E-state index in [1.54, 1.807) is 6.92 Å². The van der Waals surface area contributed by atoms with Crippen molar-refractivity contribution in [3.8, 4) is 5.75 Å². The van der Waals surface area contributed by atoms with Crippen molar-refractivity contribution >= 4 is 5.78 Å². The number of carbonyl (C=O) groups excluding carboxylic acids is 1. The van der Waals surface area contributed by atoms with Gasteiger partial charge >= 0.3 is 0 Å². The van der Waals surface area contributed by atoms with Gasteiger partial charge in [0.2, 0.25) is 0 Å². The van der Waals surface area contributed by atoms with Gasteiger partial charge in [-0.1, -0.05) is 25.5 Å². The number of rotatable bonds is 6. The van der Waals surface area contributed by atoms with Gasteiger partial charge in [0.05, 0.1) is 6.61 Å². The summed E-state index contributed by atoms with van der Waals surface area (Å²) in [6.45, 7) is 4.51. The molecule has 0 aromatic heterocycles. The highest BCUT2D eigenvalue weighted by molar-refractivity contribution is 5.78. The van der Waals surface area contributed by atoms with Crippen LogP contribution in [-0.4, -0.2) is 12.4 Å². The lowest BCUT2D eigenvalue weighted by atomic mass is 10.1. The van der Waals surface area contributed by atoms with Gasteiger partial charge in [0.25, 0.3) is 0 Å². The zero-order valence-corrected chi connectivity index (χ0v) is 9.45. The summed E-state index contributed by atoms with van der Waals surface area (Å²) in [7, 11) is 0. The first kappa shape index (κ1) is 11.8. The van der Waals surface area contributed by atoms with E-state index >= 15 is 0 Å². The molecule has 0 fully saturated rings. The highest BCUT2D eigenvalue weighted by Gasteiger charge is 1.98. The number of unbranched alkanes of at least 4 members (excludes halogenated alkanes) is 1. The third-order valence-electron chi connectivity index (χ3n) is 2.14. The molecule has 2 nitrogen and oxygen atoms in total. The minimum atomic E-state index is 0.189. The average molecular weight is 206 g/mol. The summed E-state index contributed by atoms with van der Waals surface area (Å²) in [6.07, 6.45) is 2.73. The van der Waals surface area contributed by atoms with Gasteiger partial charge in [-0.05, 0) is 31.0 Å². The van der Waals surface area contributed by atoms with Crippen molar-refractivity contribution in [1.82, 2.24) is 0 Å². The first-order chi connectivity index (χ1) is 7.22. The van der Waals surface area contributed by atoms with E-state index in [1.807, 2.05) is 24.3 Å². The van der Waals surface area contributed by atoms with E-state index in [2.05, 4.69) is 6.92 Å². The van der Waals surface area contributed by atoms with Gasteiger partial charge in [-0.3, -0.25) is 4.79 Å². The van der Waals surface area contributed by atoms with E-state index in [0.717, 1.165) is 30.8 Å². The second-order valence-corrected chi connectivity index (χ2v) is 3.72. The highest BCUT2D eigenvalue weighted by atomic mass is 16.5. The molecule has 0 spiro atoms. The summed E-state index contributed by atoms with van der Waals surface area (Å²) >= 11 is 0. The number of Topliss-reactive ketones (excluding diaryl/α,β-unsaturated/α-hetero) is 1. The topological polar surface area (TPSA) is 26.3 Å². The minimum absolute atomic E-state index is 0.189. The molecule has 0 unspecified atom stereocenters. The lowest BCUT2D eigenvalue weighted by Gasteiger charge is -2.05. The summed E-state index contributed by atoms with van der Waals surface area (Å²) in [4.78, 5) is 10.9. The van der Waals surface area contributed by atoms with Gasteiger partial charge < -0.3 is 4.74 Å². The van der Waals surface area contributed by atoms with E-state index in [4.69, 9.17) is 4.74 Å². The Morgan fingerprint density at radius 1 is 1.27 bits per heavy atom. The smallest absolute Gasteiger partial charge is 0.134 e. The highest BCUT2D eigenvalue weighted by Crippen LogP contribution is 2.13. The third kappa shape index (κ3) is 4.63. The fraction of sp³-hybridized carbons (Fsp3) is 0.462. The predicted octanol–water partition coefficient (Wildman–Crippen LogP) is 3.00. The molecule has 0 bridgehead atoms. The zero-order valence-electron chi connectivity index (χ0n) is 9.45. The summed E-state index contributed by atoms with van der Waals surface area (Å²) in [6, 6.07) is 7.74. The molecule has 0 radical (unpaired) electrons. The fourth-order valence-electron chi connectivity index (χ4n) is 1.33. The van der Waals surface area contributed by atoms with Crippen LogP contribution >= 0.6 is 0 Å². The van der Waals surface area contributed by atoms with Gasteiger partial charge in [0.15, 0.2) is 0 Å². The van der Waals surface area contributed by atoms with Crippen molar-refractivity contribution in [3.05, 3.63) is 29.8 Å².